The van der Waals surface area contributed by atoms with E-state index >= 15 is 0 Å². The zero-order valence-corrected chi connectivity index (χ0v) is 41.8. The van der Waals surface area contributed by atoms with Crippen LogP contribution in [0.1, 0.15) is 13.8 Å². The Bertz CT molecular complexity index is 1680. The van der Waals surface area contributed by atoms with Crippen molar-refractivity contribution < 1.29 is 134 Å². The van der Waals surface area contributed by atoms with Gasteiger partial charge in [0.25, 0.3) is 0 Å². The van der Waals surface area contributed by atoms with Gasteiger partial charge in [-0.1, -0.05) is 6.08 Å². The smallest absolute Gasteiger partial charge is 0.187 e. The first-order valence-electron chi connectivity index (χ1n) is 24.0. The second-order valence-corrected chi connectivity index (χ2v) is 21.1. The lowest BCUT2D eigenvalue weighted by atomic mass is 9.86. The lowest BCUT2D eigenvalue weighted by Crippen LogP contribution is -2.68. The number of thioether (sulfide) groups is 2. The van der Waals surface area contributed by atoms with E-state index in [0.29, 0.717) is 5.75 Å². The highest BCUT2D eigenvalue weighted by molar-refractivity contribution is 7.99. The van der Waals surface area contributed by atoms with Crippen LogP contribution in [0.3, 0.4) is 0 Å². The molecule has 0 bridgehead atoms. The molecule has 0 radical (unpaired) electrons. The van der Waals surface area contributed by atoms with E-state index in [2.05, 4.69) is 5.32 Å². The molecular formula is C43H75NO27S2. The Kier molecular flexibility index (Phi) is 23.6. The summed E-state index contributed by atoms with van der Waals surface area (Å²) in [6.07, 6.45) is -37.1. The fraction of sp³-hybridized carbons (Fsp3) is 0.953. The Morgan fingerprint density at radius 1 is 0.507 bits per heavy atom. The zero-order chi connectivity index (χ0) is 53.6. The monoisotopic (exact) mass is 1100 g/mol. The number of aliphatic hydroxyl groups is 17. The van der Waals surface area contributed by atoms with Crippen LogP contribution in [0.4, 0.5) is 0 Å². The van der Waals surface area contributed by atoms with Crippen LogP contribution in [0.25, 0.3) is 0 Å². The Hall–Kier alpha value is -0.680. The van der Waals surface area contributed by atoms with Crippen molar-refractivity contribution in [3.63, 3.8) is 0 Å². The first-order chi connectivity index (χ1) is 34.7. The minimum atomic E-state index is -1.97. The van der Waals surface area contributed by atoms with Crippen molar-refractivity contribution >= 4 is 23.5 Å². The molecule has 29 atom stereocenters. The van der Waals surface area contributed by atoms with Gasteiger partial charge in [-0.05, 0) is 19.4 Å². The molecule has 5 heterocycles. The molecule has 426 valence electrons. The molecular weight excluding hydrogens is 1030 g/mol. The van der Waals surface area contributed by atoms with Gasteiger partial charge in [0.1, 0.15) is 128 Å². The lowest BCUT2D eigenvalue weighted by molar-refractivity contribution is -0.366. The Balaban J connectivity index is 0.932. The Morgan fingerprint density at radius 2 is 1.00 bits per heavy atom. The largest absolute Gasteiger partial charge is 0.394 e. The highest BCUT2D eigenvalue weighted by Crippen LogP contribution is 2.36. The third kappa shape index (κ3) is 14.0. The Labute approximate surface area is 428 Å². The molecule has 5 fully saturated rings. The van der Waals surface area contributed by atoms with E-state index in [0.717, 1.165) is 11.8 Å². The number of nitrogens with one attached hydrogen (secondary N) is 1. The van der Waals surface area contributed by atoms with E-state index in [1.54, 1.807) is 0 Å². The van der Waals surface area contributed by atoms with Gasteiger partial charge in [-0.25, -0.2) is 0 Å². The molecule has 18 N–H and O–H groups in total. The van der Waals surface area contributed by atoms with Crippen molar-refractivity contribution in [3.8, 4) is 0 Å². The molecule has 1 aliphatic carbocycles. The fourth-order valence-electron chi connectivity index (χ4n) is 9.62. The maximum absolute atomic E-state index is 11.2. The predicted molar refractivity (Wildman–Crippen MR) is 246 cm³/mol. The Morgan fingerprint density at radius 3 is 1.58 bits per heavy atom. The first-order valence-corrected chi connectivity index (χ1v) is 26.2. The molecule has 6 aliphatic rings. The van der Waals surface area contributed by atoms with E-state index in [9.17, 15) is 86.8 Å². The van der Waals surface area contributed by atoms with Crippen LogP contribution in [0.5, 0.6) is 0 Å². The van der Waals surface area contributed by atoms with E-state index < -0.39 is 203 Å². The quantitative estimate of drug-likeness (QED) is 0.0354. The van der Waals surface area contributed by atoms with Crippen LogP contribution in [-0.2, 0) is 47.4 Å². The van der Waals surface area contributed by atoms with Crippen molar-refractivity contribution in [2.75, 3.05) is 64.0 Å². The van der Waals surface area contributed by atoms with Crippen LogP contribution in [0, 0.1) is 0 Å². The maximum Gasteiger partial charge on any atom is 0.187 e. The molecule has 0 aromatic heterocycles. The molecule has 0 aromatic carbocycles. The van der Waals surface area contributed by atoms with Gasteiger partial charge < -0.3 is 139 Å². The third-order valence-corrected chi connectivity index (χ3v) is 16.1. The highest BCUT2D eigenvalue weighted by atomic mass is 32.2. The first kappa shape index (κ1) is 61.5. The van der Waals surface area contributed by atoms with Gasteiger partial charge in [-0.15, -0.1) is 11.8 Å². The van der Waals surface area contributed by atoms with Crippen LogP contribution >= 0.6 is 23.5 Å². The maximum atomic E-state index is 11.2. The number of hydrogen-bond acceptors (Lipinski definition) is 30. The predicted octanol–water partition coefficient (Wildman–Crippen LogP) is -9.73. The zero-order valence-electron chi connectivity index (χ0n) is 40.2. The summed E-state index contributed by atoms with van der Waals surface area (Å²) in [5.74, 6) is 0.905. The van der Waals surface area contributed by atoms with Gasteiger partial charge in [0, 0.05) is 24.4 Å². The van der Waals surface area contributed by atoms with Gasteiger partial charge in [-0.2, -0.15) is 11.8 Å². The minimum absolute atomic E-state index is 0.00572. The summed E-state index contributed by atoms with van der Waals surface area (Å²) in [6.45, 7) is 0.562. The summed E-state index contributed by atoms with van der Waals surface area (Å²) >= 11 is 2.42. The van der Waals surface area contributed by atoms with E-state index in [1.165, 1.54) is 38.8 Å². The summed E-state index contributed by atoms with van der Waals surface area (Å²) < 4.78 is 57.3. The number of rotatable bonds is 22. The minimum Gasteiger partial charge on any atom is -0.394 e. The number of hydrogen-bond donors (Lipinski definition) is 18. The van der Waals surface area contributed by atoms with E-state index in [1.807, 2.05) is 0 Å². The second-order valence-electron chi connectivity index (χ2n) is 18.8. The summed E-state index contributed by atoms with van der Waals surface area (Å²) in [5.41, 5.74) is -1.09. The van der Waals surface area contributed by atoms with Gasteiger partial charge in [0.05, 0.1) is 70.0 Å². The van der Waals surface area contributed by atoms with Gasteiger partial charge in [0.15, 0.2) is 18.9 Å². The van der Waals surface area contributed by atoms with Gasteiger partial charge >= 0.3 is 0 Å². The molecule has 28 nitrogen and oxygen atoms in total. The summed E-state index contributed by atoms with van der Waals surface area (Å²) in [5, 5.41) is 183. The molecule has 73 heavy (non-hydrogen) atoms. The van der Waals surface area contributed by atoms with Crippen molar-refractivity contribution in [2.24, 2.45) is 0 Å². The van der Waals surface area contributed by atoms with Crippen LogP contribution in [0.2, 0.25) is 0 Å². The van der Waals surface area contributed by atoms with Crippen molar-refractivity contribution in [1.29, 1.82) is 0 Å². The lowest BCUT2D eigenvalue weighted by Gasteiger charge is -2.49. The summed E-state index contributed by atoms with van der Waals surface area (Å²) in [7, 11) is 1.33. The fourth-order valence-corrected chi connectivity index (χ4v) is 11.5. The van der Waals surface area contributed by atoms with E-state index in [-0.39, 0.29) is 30.3 Å². The molecule has 29 unspecified atom stereocenters. The number of ether oxygens (including phenoxy) is 10. The second kappa shape index (κ2) is 28.0. The molecule has 6 rings (SSSR count). The highest BCUT2D eigenvalue weighted by Gasteiger charge is 2.55. The molecule has 0 aromatic rings. The summed E-state index contributed by atoms with van der Waals surface area (Å²) in [4.78, 5) is 0. The standard InChI is InChI=1S/C43H75NO27S2/c1-14-22(44-17-8-16(9-45)24(50)27(53)25(17)51)26(52)32(58)40(65-14)69-38-19(11-47)66-41(34(60)30(38)56)71-39-20(12-48)68-43(35(61)31(39)57)73-7-5-63-4-6-72-13-21-36(62-3)29(55)33(59)42(67-21)70-37-18(10-46)64-15(2)23(49)28(37)54/h8,14-15,17-61H,4-7,9-13H2,1-3H3. The average Bonchev–Trinajstić information content (AvgIpc) is 3.37. The third-order valence-electron chi connectivity index (χ3n) is 13.9. The molecule has 5 saturated heterocycles. The van der Waals surface area contributed by atoms with Crippen molar-refractivity contribution in [2.45, 2.75) is 191 Å². The van der Waals surface area contributed by atoms with Gasteiger partial charge in [-0.3, -0.25) is 0 Å². The van der Waals surface area contributed by atoms with E-state index in [4.69, 9.17) is 47.4 Å². The van der Waals surface area contributed by atoms with Gasteiger partial charge in [0.2, 0.25) is 0 Å². The topological polar surface area (TPSA) is 448 Å². The van der Waals surface area contributed by atoms with Crippen LogP contribution < -0.4 is 5.32 Å². The van der Waals surface area contributed by atoms with Crippen LogP contribution in [0.15, 0.2) is 11.6 Å². The van der Waals surface area contributed by atoms with Crippen molar-refractivity contribution in [1.82, 2.24) is 5.32 Å². The molecule has 0 amide bonds. The SMILES string of the molecule is COC1C(CSCCOCCSC2OC(CO)C(OC3OC(CO)C(OC4OC(C)C(NC5C=C(CO)C(O)C(O)C5O)C(O)C4O)C(O)C3O)C(O)C2O)OC(OC2C(CO)OC(C)C(O)C2O)C(O)C1O. The van der Waals surface area contributed by atoms with Crippen molar-refractivity contribution in [3.05, 3.63) is 11.6 Å². The molecule has 0 saturated carbocycles. The average molecular weight is 1100 g/mol. The molecule has 0 spiro atoms. The number of aliphatic hydroxyl groups excluding tert-OH is 17. The normalized spacial score (nSPS) is 48.9. The molecule has 30 heteroatoms. The van der Waals surface area contributed by atoms with Crippen LogP contribution in [-0.4, -0.2) is 328 Å². The number of methoxy groups -OCH3 is 1. The molecule has 5 aliphatic heterocycles. The summed E-state index contributed by atoms with van der Waals surface area (Å²) in [6, 6.07) is -2.24.